The standard InChI is InChI=1S/C35H56N4O5S.C6H11NO.C2H7N.CH2O2/c1-9-11-13-19-43-39(32(41)14-12-10-2)30(24(3)4)21-31(44-25(5)40)34-38-29(23-45-34)33(42)37-28(22-35(6,7)8)20-26-15-17-27(36)18-16-26;8-5-6-3-1-2-4-7-6;1-3-2;2-1-3/h15-18,23-24,28,30-31H,9-14,19-22,36H2,1-8H3,(H,37,42);5-7H,1-4H2;3H,1-2H3;1H,(H,2,3)/t;6-;;/m.1../s1. The summed E-state index contributed by atoms with van der Waals surface area (Å²) in [4.78, 5) is 68.2. The predicted molar refractivity (Wildman–Crippen MR) is 237 cm³/mol. The van der Waals surface area contributed by atoms with Gasteiger partial charge in [0.2, 0.25) is 5.91 Å². The molecule has 4 atom stereocenters. The Balaban J connectivity index is 0.00000204. The van der Waals surface area contributed by atoms with E-state index in [2.05, 4.69) is 55.6 Å². The minimum atomic E-state index is -0.734. The normalized spacial score (nSPS) is 15.0. The molecule has 336 valence electrons. The first-order chi connectivity index (χ1) is 28.0. The number of nitrogens with one attached hydrogen (secondary N) is 3. The van der Waals surface area contributed by atoms with E-state index < -0.39 is 12.1 Å². The molecule has 1 aliphatic heterocycles. The summed E-state index contributed by atoms with van der Waals surface area (Å²) in [5.74, 6) is -0.780. The lowest BCUT2D eigenvalue weighted by molar-refractivity contribution is -0.210. The fourth-order valence-electron chi connectivity index (χ4n) is 6.21. The Morgan fingerprint density at radius 2 is 1.69 bits per heavy atom. The lowest BCUT2D eigenvalue weighted by atomic mass is 9.85. The summed E-state index contributed by atoms with van der Waals surface area (Å²) in [5, 5.41) is 19.7. The van der Waals surface area contributed by atoms with Gasteiger partial charge in [0.1, 0.15) is 17.0 Å². The molecular weight excluding hydrogens is 773 g/mol. The molecule has 14 nitrogen and oxygen atoms in total. The van der Waals surface area contributed by atoms with E-state index in [4.69, 9.17) is 25.2 Å². The first-order valence-electron chi connectivity index (χ1n) is 21.1. The van der Waals surface area contributed by atoms with E-state index >= 15 is 0 Å². The van der Waals surface area contributed by atoms with Gasteiger partial charge in [-0.25, -0.2) is 10.0 Å². The van der Waals surface area contributed by atoms with Crippen molar-refractivity contribution >= 4 is 47.6 Å². The molecule has 0 aliphatic carbocycles. The number of hydrogen-bond donors (Lipinski definition) is 5. The lowest BCUT2D eigenvalue weighted by Gasteiger charge is -2.35. The van der Waals surface area contributed by atoms with Crippen molar-refractivity contribution in [3.63, 3.8) is 0 Å². The summed E-state index contributed by atoms with van der Waals surface area (Å²) in [6.07, 6.45) is 10.4. The highest BCUT2D eigenvalue weighted by Crippen LogP contribution is 2.32. The number of rotatable bonds is 20. The zero-order valence-electron chi connectivity index (χ0n) is 37.5. The third-order valence-electron chi connectivity index (χ3n) is 9.00. The van der Waals surface area contributed by atoms with E-state index in [1.807, 2.05) is 52.2 Å². The van der Waals surface area contributed by atoms with Crippen LogP contribution in [0.25, 0.3) is 0 Å². The molecule has 0 spiro atoms. The van der Waals surface area contributed by atoms with Crippen molar-refractivity contribution in [2.24, 2.45) is 11.3 Å². The van der Waals surface area contributed by atoms with Crippen molar-refractivity contribution in [3.8, 4) is 0 Å². The molecule has 15 heteroatoms. The Morgan fingerprint density at radius 3 is 2.19 bits per heavy atom. The van der Waals surface area contributed by atoms with Crippen molar-refractivity contribution in [1.29, 1.82) is 0 Å². The molecule has 1 aromatic heterocycles. The number of carbonyl (C=O) groups excluding carboxylic acids is 4. The summed E-state index contributed by atoms with van der Waals surface area (Å²) in [6, 6.07) is 7.39. The number of carboxylic acid groups (broad SMARTS) is 1. The van der Waals surface area contributed by atoms with Gasteiger partial charge in [-0.2, -0.15) is 0 Å². The van der Waals surface area contributed by atoms with Crippen LogP contribution in [0.2, 0.25) is 0 Å². The number of nitrogen functional groups attached to an aromatic ring is 1. The number of nitrogens with zero attached hydrogens (tertiary/aromatic N) is 2. The first-order valence-corrected chi connectivity index (χ1v) is 22.0. The van der Waals surface area contributed by atoms with Gasteiger partial charge in [-0.3, -0.25) is 24.0 Å². The molecule has 2 heterocycles. The number of thiazole rings is 1. The molecule has 1 fully saturated rings. The molecule has 3 unspecified atom stereocenters. The van der Waals surface area contributed by atoms with Crippen molar-refractivity contribution in [2.45, 2.75) is 157 Å². The molecule has 6 N–H and O–H groups in total. The highest BCUT2D eigenvalue weighted by molar-refractivity contribution is 7.09. The van der Waals surface area contributed by atoms with Crippen LogP contribution in [0.5, 0.6) is 0 Å². The van der Waals surface area contributed by atoms with E-state index in [0.717, 1.165) is 63.3 Å². The number of aromatic nitrogens is 1. The highest BCUT2D eigenvalue weighted by atomic mass is 32.1. The molecule has 1 saturated heterocycles. The van der Waals surface area contributed by atoms with Crippen molar-refractivity contribution in [1.82, 2.24) is 26.0 Å². The molecule has 3 rings (SSSR count). The van der Waals surface area contributed by atoms with Crippen LogP contribution >= 0.6 is 11.3 Å². The molecule has 1 aromatic carbocycles. The second kappa shape index (κ2) is 31.9. The lowest BCUT2D eigenvalue weighted by Crippen LogP contribution is -2.44. The Morgan fingerprint density at radius 1 is 1.07 bits per heavy atom. The molecule has 59 heavy (non-hydrogen) atoms. The number of aldehydes is 1. The van der Waals surface area contributed by atoms with Crippen molar-refractivity contribution in [2.75, 3.05) is 33.0 Å². The number of unbranched alkanes of at least 4 members (excludes halogenated alkanes) is 3. The number of nitrogens with two attached hydrogens (primary N) is 1. The minimum Gasteiger partial charge on any atom is -0.483 e. The Bertz CT molecular complexity index is 1440. The van der Waals surface area contributed by atoms with Gasteiger partial charge in [0, 0.05) is 36.9 Å². The first kappa shape index (κ1) is 55.1. The van der Waals surface area contributed by atoms with Gasteiger partial charge in [-0.15, -0.1) is 11.3 Å². The second-order valence-electron chi connectivity index (χ2n) is 16.3. The van der Waals surface area contributed by atoms with Gasteiger partial charge in [-0.05, 0) is 88.2 Å². The molecule has 1 aliphatic rings. The monoisotopic (exact) mass is 849 g/mol. The molecular formula is C44H76N6O8S. The summed E-state index contributed by atoms with van der Waals surface area (Å²) in [7, 11) is 3.75. The predicted octanol–water partition coefficient (Wildman–Crippen LogP) is 7.53. The number of carbonyl (C=O) groups is 5. The third-order valence-corrected chi connectivity index (χ3v) is 9.94. The van der Waals surface area contributed by atoms with E-state index in [0.29, 0.717) is 36.6 Å². The SMILES string of the molecule is CCCCCON(C(=O)CCCC)C(CC(OC(C)=O)c1nc(C(=O)NC(Cc2ccc(N)cc2)CC(C)(C)C)cs1)C(C)C.CNC.O=CO.O=C[C@H]1CCCCN1. The highest BCUT2D eigenvalue weighted by Gasteiger charge is 2.33. The summed E-state index contributed by atoms with van der Waals surface area (Å²) < 4.78 is 5.77. The van der Waals surface area contributed by atoms with Crippen molar-refractivity contribution in [3.05, 3.63) is 45.9 Å². The van der Waals surface area contributed by atoms with E-state index in [1.165, 1.54) is 36.2 Å². The molecule has 0 radical (unpaired) electrons. The van der Waals surface area contributed by atoms with Gasteiger partial charge < -0.3 is 36.3 Å². The fourth-order valence-corrected chi connectivity index (χ4v) is 7.05. The smallest absolute Gasteiger partial charge is 0.303 e. The topological polar surface area (TPSA) is 202 Å². The number of benzene rings is 1. The van der Waals surface area contributed by atoms with Gasteiger partial charge in [-0.1, -0.05) is 86.3 Å². The van der Waals surface area contributed by atoms with Gasteiger partial charge in [0.15, 0.2) is 6.10 Å². The Hall–Kier alpha value is -3.92. The van der Waals surface area contributed by atoms with Gasteiger partial charge in [0.25, 0.3) is 12.4 Å². The molecule has 2 amide bonds. The van der Waals surface area contributed by atoms with E-state index in [9.17, 15) is 19.2 Å². The number of amides is 2. The largest absolute Gasteiger partial charge is 0.483 e. The molecule has 2 aromatic rings. The summed E-state index contributed by atoms with van der Waals surface area (Å²) in [5.41, 5.74) is 7.92. The number of hydrogen-bond acceptors (Lipinski definition) is 12. The molecule has 0 saturated carbocycles. The van der Waals surface area contributed by atoms with Crippen LogP contribution < -0.4 is 21.7 Å². The van der Waals surface area contributed by atoms with Gasteiger partial charge >= 0.3 is 5.97 Å². The average Bonchev–Trinajstić information content (AvgIpc) is 3.68. The number of piperidine rings is 1. The number of esters is 1. The van der Waals surface area contributed by atoms with Crippen LogP contribution in [0.4, 0.5) is 5.69 Å². The summed E-state index contributed by atoms with van der Waals surface area (Å²) >= 11 is 1.28. The summed E-state index contributed by atoms with van der Waals surface area (Å²) in [6.45, 7) is 17.2. The Labute approximate surface area is 358 Å². The quantitative estimate of drug-likeness (QED) is 0.0289. The Kier molecular flexibility index (Phi) is 29.8. The van der Waals surface area contributed by atoms with E-state index in [-0.39, 0.29) is 53.4 Å². The van der Waals surface area contributed by atoms with Gasteiger partial charge in [0.05, 0.1) is 18.7 Å². The van der Waals surface area contributed by atoms with Crippen LogP contribution in [-0.2, 0) is 35.2 Å². The van der Waals surface area contributed by atoms with E-state index in [1.54, 1.807) is 5.38 Å². The fraction of sp³-hybridized carbons (Fsp3) is 0.682. The zero-order chi connectivity index (χ0) is 44.8. The maximum absolute atomic E-state index is 13.5. The zero-order valence-corrected chi connectivity index (χ0v) is 38.3. The van der Waals surface area contributed by atoms with Crippen LogP contribution in [0.1, 0.15) is 153 Å². The average molecular weight is 849 g/mol. The van der Waals surface area contributed by atoms with Crippen LogP contribution in [0, 0.1) is 11.3 Å². The minimum absolute atomic E-state index is 0.00960. The van der Waals surface area contributed by atoms with Crippen LogP contribution in [0.3, 0.4) is 0 Å². The maximum atomic E-state index is 13.5. The van der Waals surface area contributed by atoms with Crippen LogP contribution in [-0.4, -0.2) is 91.1 Å². The molecule has 0 bridgehead atoms. The third kappa shape index (κ3) is 25.3. The number of anilines is 1. The maximum Gasteiger partial charge on any atom is 0.303 e. The number of ether oxygens (including phenoxy) is 1. The van der Waals surface area contributed by atoms with Crippen LogP contribution in [0.15, 0.2) is 29.6 Å². The number of hydroxylamine groups is 2. The van der Waals surface area contributed by atoms with Crippen molar-refractivity contribution < 1.29 is 38.7 Å². The second-order valence-corrected chi connectivity index (χ2v) is 17.1.